The molecule has 0 spiro atoms. The van der Waals surface area contributed by atoms with E-state index in [1.165, 1.54) is 18.2 Å². The van der Waals surface area contributed by atoms with Crippen LogP contribution < -0.4 is 10.0 Å². The molecule has 0 bridgehead atoms. The summed E-state index contributed by atoms with van der Waals surface area (Å²) in [6.07, 6.45) is -1.50. The molecule has 17 heavy (non-hydrogen) atoms. The summed E-state index contributed by atoms with van der Waals surface area (Å²) in [5.41, 5.74) is 0.214. The molecule has 1 aromatic carbocycles. The predicted molar refractivity (Wildman–Crippen MR) is 69.5 cm³/mol. The van der Waals surface area contributed by atoms with Gasteiger partial charge in [-0.05, 0) is 18.2 Å². The van der Waals surface area contributed by atoms with Crippen LogP contribution in [0.5, 0.6) is 0 Å². The number of rotatable bonds is 2. The fraction of sp³-hybridized carbons (Fsp3) is 0.222. The van der Waals surface area contributed by atoms with Crippen LogP contribution in [0.4, 0.5) is 10.5 Å². The molecule has 0 radical (unpaired) electrons. The second kappa shape index (κ2) is 5.72. The number of hydrogen-bond acceptors (Lipinski definition) is 2. The number of nitrogens with zero attached hydrogens (tertiary/aromatic N) is 1. The standard InChI is InChI=1S/C9H6Cl5NO2/c10-6-2-1-5(3-7(6)11)15(8(16)17)4-9(12,13)14/h1-3H,4H2,(H,16,17)/p-1. The Morgan fingerprint density at radius 1 is 1.24 bits per heavy atom. The van der Waals surface area contributed by atoms with Crippen LogP contribution in [0.2, 0.25) is 10.0 Å². The zero-order valence-corrected chi connectivity index (χ0v) is 11.9. The monoisotopic (exact) mass is 334 g/mol. The van der Waals surface area contributed by atoms with Crippen LogP contribution in [0.1, 0.15) is 0 Å². The van der Waals surface area contributed by atoms with Crippen LogP contribution in [0.3, 0.4) is 0 Å². The summed E-state index contributed by atoms with van der Waals surface area (Å²) in [4.78, 5) is 11.7. The van der Waals surface area contributed by atoms with Crippen molar-refractivity contribution in [1.29, 1.82) is 0 Å². The lowest BCUT2D eigenvalue weighted by Crippen LogP contribution is -2.45. The zero-order valence-electron chi connectivity index (χ0n) is 8.09. The van der Waals surface area contributed by atoms with E-state index in [2.05, 4.69) is 0 Å². The van der Waals surface area contributed by atoms with Crippen molar-refractivity contribution in [2.45, 2.75) is 3.79 Å². The Labute approximate surface area is 123 Å². The molecule has 0 heterocycles. The van der Waals surface area contributed by atoms with Crippen molar-refractivity contribution >= 4 is 69.8 Å². The number of amides is 1. The Balaban J connectivity index is 3.06. The molecule has 0 saturated heterocycles. The number of carbonyl (C=O) groups is 1. The molecule has 1 rings (SSSR count). The molecule has 0 aliphatic rings. The van der Waals surface area contributed by atoms with Crippen LogP contribution >= 0.6 is 58.0 Å². The molecule has 0 unspecified atom stereocenters. The van der Waals surface area contributed by atoms with Gasteiger partial charge < -0.3 is 14.8 Å². The van der Waals surface area contributed by atoms with E-state index in [-0.39, 0.29) is 17.3 Å². The highest BCUT2D eigenvalue weighted by Crippen LogP contribution is 2.32. The first kappa shape index (κ1) is 15.0. The van der Waals surface area contributed by atoms with Gasteiger partial charge in [0.05, 0.1) is 16.6 Å². The van der Waals surface area contributed by atoms with Gasteiger partial charge in [-0.25, -0.2) is 0 Å². The third-order valence-electron chi connectivity index (χ3n) is 1.77. The molecule has 1 aromatic rings. The summed E-state index contributed by atoms with van der Waals surface area (Å²) in [6, 6.07) is 4.21. The minimum absolute atomic E-state index is 0.194. The third-order valence-corrected chi connectivity index (χ3v) is 2.87. The van der Waals surface area contributed by atoms with Crippen molar-refractivity contribution in [2.75, 3.05) is 11.4 Å². The van der Waals surface area contributed by atoms with E-state index in [4.69, 9.17) is 58.0 Å². The fourth-order valence-electron chi connectivity index (χ4n) is 1.09. The predicted octanol–water partition coefficient (Wildman–Crippen LogP) is 3.51. The Morgan fingerprint density at radius 3 is 2.24 bits per heavy atom. The summed E-state index contributed by atoms with van der Waals surface area (Å²) >= 11 is 28.1. The first-order valence-electron chi connectivity index (χ1n) is 4.21. The van der Waals surface area contributed by atoms with Crippen molar-refractivity contribution in [1.82, 2.24) is 0 Å². The maximum absolute atomic E-state index is 10.9. The lowest BCUT2D eigenvalue weighted by Gasteiger charge is -2.28. The summed E-state index contributed by atoms with van der Waals surface area (Å²) < 4.78 is -1.76. The largest absolute Gasteiger partial charge is 0.530 e. The van der Waals surface area contributed by atoms with Gasteiger partial charge in [-0.1, -0.05) is 58.0 Å². The van der Waals surface area contributed by atoms with Crippen molar-refractivity contribution in [3.05, 3.63) is 28.2 Å². The van der Waals surface area contributed by atoms with Gasteiger partial charge in [0, 0.05) is 5.69 Å². The minimum Gasteiger partial charge on any atom is -0.530 e. The molecule has 3 nitrogen and oxygen atoms in total. The molecule has 8 heteroatoms. The lowest BCUT2D eigenvalue weighted by molar-refractivity contribution is -0.246. The van der Waals surface area contributed by atoms with E-state index in [1.54, 1.807) is 0 Å². The SMILES string of the molecule is O=C([O-])N(CC(Cl)(Cl)Cl)c1ccc(Cl)c(Cl)c1. The molecule has 0 fully saturated rings. The minimum atomic E-state index is -1.76. The van der Waals surface area contributed by atoms with Gasteiger partial charge in [-0.15, -0.1) is 0 Å². The quantitative estimate of drug-likeness (QED) is 0.776. The van der Waals surface area contributed by atoms with E-state index >= 15 is 0 Å². The number of hydrogen-bond donors (Lipinski definition) is 0. The molecule has 0 atom stereocenters. The maximum Gasteiger partial charge on any atom is 0.208 e. The Hall–Kier alpha value is -0.0600. The molecule has 0 aliphatic carbocycles. The zero-order chi connectivity index (χ0) is 13.2. The van der Waals surface area contributed by atoms with Gasteiger partial charge in [0.15, 0.2) is 0 Å². The summed E-state index contributed by atoms with van der Waals surface area (Å²) in [5, 5.41) is 11.4. The van der Waals surface area contributed by atoms with E-state index in [0.29, 0.717) is 5.02 Å². The van der Waals surface area contributed by atoms with Crippen LogP contribution in [0.25, 0.3) is 0 Å². The van der Waals surface area contributed by atoms with Gasteiger partial charge in [0.2, 0.25) is 3.79 Å². The topological polar surface area (TPSA) is 43.4 Å². The Kier molecular flexibility index (Phi) is 5.05. The van der Waals surface area contributed by atoms with E-state index in [1.807, 2.05) is 0 Å². The van der Waals surface area contributed by atoms with Gasteiger partial charge in [-0.2, -0.15) is 0 Å². The van der Waals surface area contributed by atoms with Gasteiger partial charge in [0.1, 0.15) is 6.09 Å². The second-order valence-electron chi connectivity index (χ2n) is 3.07. The molecule has 1 amide bonds. The Morgan fingerprint density at radius 2 is 1.82 bits per heavy atom. The van der Waals surface area contributed by atoms with Crippen LogP contribution in [-0.2, 0) is 0 Å². The van der Waals surface area contributed by atoms with Crippen molar-refractivity contribution in [2.24, 2.45) is 0 Å². The summed E-state index contributed by atoms with van der Waals surface area (Å²) in [6.45, 7) is -0.377. The molecule has 0 aromatic heterocycles. The number of anilines is 1. The average Bonchev–Trinajstić information content (AvgIpc) is 2.17. The van der Waals surface area contributed by atoms with Crippen molar-refractivity contribution in [3.63, 3.8) is 0 Å². The Bertz CT molecular complexity index is 432. The van der Waals surface area contributed by atoms with Crippen LogP contribution in [-0.4, -0.2) is 16.4 Å². The molecule has 0 aliphatic heterocycles. The highest BCUT2D eigenvalue weighted by atomic mass is 35.6. The first-order valence-corrected chi connectivity index (χ1v) is 6.10. The van der Waals surface area contributed by atoms with E-state index < -0.39 is 9.89 Å². The normalized spacial score (nSPS) is 11.4. The van der Waals surface area contributed by atoms with E-state index in [0.717, 1.165) is 4.90 Å². The lowest BCUT2D eigenvalue weighted by atomic mass is 10.3. The van der Waals surface area contributed by atoms with Gasteiger partial charge >= 0.3 is 0 Å². The highest BCUT2D eigenvalue weighted by molar-refractivity contribution is 6.68. The number of halogens is 5. The van der Waals surface area contributed by atoms with Crippen LogP contribution in [0.15, 0.2) is 18.2 Å². The second-order valence-corrected chi connectivity index (χ2v) is 6.40. The highest BCUT2D eigenvalue weighted by Gasteiger charge is 2.25. The smallest absolute Gasteiger partial charge is 0.208 e. The number of alkyl halides is 3. The van der Waals surface area contributed by atoms with Crippen molar-refractivity contribution in [3.8, 4) is 0 Å². The molecular weight excluding hydrogens is 331 g/mol. The molecule has 0 saturated carbocycles. The number of benzene rings is 1. The molecule has 94 valence electrons. The first-order chi connectivity index (χ1) is 7.70. The third kappa shape index (κ3) is 4.60. The fourth-order valence-corrected chi connectivity index (χ4v) is 1.74. The van der Waals surface area contributed by atoms with Crippen molar-refractivity contribution < 1.29 is 9.90 Å². The molecular formula is C9H5Cl5NO2-. The number of carbonyl (C=O) groups excluding carboxylic acids is 1. The summed E-state index contributed by atoms with van der Waals surface area (Å²) in [5.74, 6) is 0. The van der Waals surface area contributed by atoms with Crippen LogP contribution in [0, 0.1) is 0 Å². The van der Waals surface area contributed by atoms with Gasteiger partial charge in [0.25, 0.3) is 0 Å². The number of carboxylic acid groups (broad SMARTS) is 1. The maximum atomic E-state index is 10.9. The average molecular weight is 336 g/mol. The van der Waals surface area contributed by atoms with Gasteiger partial charge in [-0.3, -0.25) is 0 Å². The molecule has 0 N–H and O–H groups in total. The summed E-state index contributed by atoms with van der Waals surface area (Å²) in [7, 11) is 0. The van der Waals surface area contributed by atoms with E-state index in [9.17, 15) is 9.90 Å².